The number of carbonyl (C=O) groups is 2. The van der Waals surface area contributed by atoms with Gasteiger partial charge in [-0.15, -0.1) is 11.3 Å². The fourth-order valence-electron chi connectivity index (χ4n) is 2.12. The van der Waals surface area contributed by atoms with Gasteiger partial charge in [0.2, 0.25) is 0 Å². The van der Waals surface area contributed by atoms with Crippen LogP contribution in [-0.2, 0) is 20.9 Å². The highest BCUT2D eigenvalue weighted by molar-refractivity contribution is 7.09. The Morgan fingerprint density at radius 3 is 3.00 bits per heavy atom. The average Bonchev–Trinajstić information content (AvgIpc) is 3.23. The molecule has 3 rings (SSSR count). The highest BCUT2D eigenvalue weighted by atomic mass is 35.5. The van der Waals surface area contributed by atoms with Crippen LogP contribution in [0.25, 0.3) is 11.7 Å². The Labute approximate surface area is 152 Å². The van der Waals surface area contributed by atoms with Crippen LogP contribution in [0.3, 0.4) is 0 Å². The largest absolute Gasteiger partial charge is 0.452 e. The summed E-state index contributed by atoms with van der Waals surface area (Å²) < 4.78 is 6.67. The Morgan fingerprint density at radius 2 is 2.20 bits per heavy atom. The van der Waals surface area contributed by atoms with Gasteiger partial charge in [-0.2, -0.15) is 0 Å². The van der Waals surface area contributed by atoms with Crippen molar-refractivity contribution in [1.29, 1.82) is 0 Å². The third-order valence-electron chi connectivity index (χ3n) is 3.28. The van der Waals surface area contributed by atoms with E-state index in [2.05, 4.69) is 10.3 Å². The van der Waals surface area contributed by atoms with Gasteiger partial charge in [0.05, 0.1) is 12.2 Å². The number of amides is 1. The highest BCUT2D eigenvalue weighted by Crippen LogP contribution is 2.18. The lowest BCUT2D eigenvalue weighted by molar-refractivity contribution is -0.143. The summed E-state index contributed by atoms with van der Waals surface area (Å²) in [6.45, 7) is 0.0801. The molecule has 0 saturated carbocycles. The zero-order valence-electron chi connectivity index (χ0n) is 13.0. The van der Waals surface area contributed by atoms with E-state index in [1.807, 2.05) is 29.6 Å². The molecule has 0 aromatic carbocycles. The van der Waals surface area contributed by atoms with Crippen LogP contribution in [0, 0.1) is 0 Å². The number of nitrogens with one attached hydrogen (secondary N) is 1. The van der Waals surface area contributed by atoms with Crippen molar-refractivity contribution in [3.63, 3.8) is 0 Å². The molecule has 3 aromatic rings. The van der Waals surface area contributed by atoms with Crippen molar-refractivity contribution in [2.45, 2.75) is 6.54 Å². The van der Waals surface area contributed by atoms with Crippen molar-refractivity contribution in [2.24, 2.45) is 0 Å². The lowest BCUT2D eigenvalue weighted by Gasteiger charge is -2.03. The molecule has 0 aliphatic rings. The number of pyridine rings is 1. The summed E-state index contributed by atoms with van der Waals surface area (Å²) in [6.07, 6.45) is 4.51. The number of hydrogen-bond donors (Lipinski definition) is 1. The van der Waals surface area contributed by atoms with Crippen LogP contribution < -0.4 is 5.32 Å². The maximum absolute atomic E-state index is 11.8. The Balaban J connectivity index is 1.52. The highest BCUT2D eigenvalue weighted by Gasteiger charge is 2.09. The molecule has 0 fully saturated rings. The van der Waals surface area contributed by atoms with Crippen LogP contribution in [0.4, 0.5) is 0 Å². The molecule has 0 aliphatic heterocycles. The Kier molecular flexibility index (Phi) is 5.47. The molecule has 128 valence electrons. The molecule has 6 nitrogen and oxygen atoms in total. The first-order chi connectivity index (χ1) is 12.1. The lowest BCUT2D eigenvalue weighted by Crippen LogP contribution is -2.27. The minimum atomic E-state index is -0.631. The third kappa shape index (κ3) is 4.46. The third-order valence-corrected chi connectivity index (χ3v) is 4.44. The number of esters is 1. The maximum atomic E-state index is 11.8. The van der Waals surface area contributed by atoms with Gasteiger partial charge in [-0.1, -0.05) is 23.7 Å². The number of halogens is 1. The molecule has 0 atom stereocenters. The van der Waals surface area contributed by atoms with Crippen LogP contribution in [0.2, 0.25) is 5.15 Å². The molecule has 1 amide bonds. The van der Waals surface area contributed by atoms with Gasteiger partial charge < -0.3 is 10.1 Å². The number of hydrogen-bond acceptors (Lipinski definition) is 5. The van der Waals surface area contributed by atoms with Gasteiger partial charge in [0, 0.05) is 17.2 Å². The molecule has 25 heavy (non-hydrogen) atoms. The number of fused-ring (bicyclic) bond motifs is 1. The molecule has 0 saturated heterocycles. The fourth-order valence-corrected chi connectivity index (χ4v) is 3.00. The molecule has 0 radical (unpaired) electrons. The first kappa shape index (κ1) is 17.2. The number of nitrogens with zero attached hydrogens (tertiary/aromatic N) is 2. The van der Waals surface area contributed by atoms with Gasteiger partial charge in [0.25, 0.3) is 5.91 Å². The zero-order valence-corrected chi connectivity index (χ0v) is 14.6. The van der Waals surface area contributed by atoms with Gasteiger partial charge in [-0.05, 0) is 29.7 Å². The maximum Gasteiger partial charge on any atom is 0.331 e. The molecular weight excluding hydrogens is 362 g/mol. The molecule has 3 heterocycles. The molecule has 0 unspecified atom stereocenters. The summed E-state index contributed by atoms with van der Waals surface area (Å²) >= 11 is 7.61. The SMILES string of the molecule is O=C(COC(=O)/C=C/c1c(Cl)nc2ccccn12)NCc1cccs1. The van der Waals surface area contributed by atoms with E-state index in [4.69, 9.17) is 16.3 Å². The van der Waals surface area contributed by atoms with Gasteiger partial charge >= 0.3 is 5.97 Å². The van der Waals surface area contributed by atoms with Crippen molar-refractivity contribution >= 4 is 46.5 Å². The van der Waals surface area contributed by atoms with Crippen molar-refractivity contribution < 1.29 is 14.3 Å². The number of thiophene rings is 1. The first-order valence-electron chi connectivity index (χ1n) is 7.40. The van der Waals surface area contributed by atoms with Crippen molar-refractivity contribution in [2.75, 3.05) is 6.61 Å². The quantitative estimate of drug-likeness (QED) is 0.531. The van der Waals surface area contributed by atoms with E-state index in [0.29, 0.717) is 17.9 Å². The summed E-state index contributed by atoms with van der Waals surface area (Å²) in [5.74, 6) is -0.990. The second-order valence-electron chi connectivity index (χ2n) is 5.01. The van der Waals surface area contributed by atoms with Crippen molar-refractivity contribution in [1.82, 2.24) is 14.7 Å². The number of aromatic nitrogens is 2. The summed E-state index contributed by atoms with van der Waals surface area (Å²) in [5.41, 5.74) is 1.24. The number of rotatable bonds is 6. The molecule has 3 aromatic heterocycles. The molecule has 0 aliphatic carbocycles. The van der Waals surface area contributed by atoms with Gasteiger partial charge in [-0.25, -0.2) is 9.78 Å². The number of ether oxygens (including phenoxy) is 1. The van der Waals surface area contributed by atoms with Gasteiger partial charge in [-0.3, -0.25) is 9.20 Å². The Hall–Kier alpha value is -2.64. The minimum absolute atomic E-state index is 0.281. The van der Waals surface area contributed by atoms with E-state index in [1.165, 1.54) is 12.2 Å². The van der Waals surface area contributed by atoms with E-state index < -0.39 is 5.97 Å². The van der Waals surface area contributed by atoms with E-state index in [9.17, 15) is 9.59 Å². The van der Waals surface area contributed by atoms with E-state index in [0.717, 1.165) is 4.88 Å². The normalized spacial score (nSPS) is 11.1. The summed E-state index contributed by atoms with van der Waals surface area (Å²) in [5, 5.41) is 4.89. The zero-order chi connectivity index (χ0) is 17.6. The van der Waals surface area contributed by atoms with Crippen LogP contribution in [0.5, 0.6) is 0 Å². The second-order valence-corrected chi connectivity index (χ2v) is 6.40. The van der Waals surface area contributed by atoms with E-state index in [1.54, 1.807) is 28.0 Å². The van der Waals surface area contributed by atoms with Crippen molar-refractivity contribution in [3.8, 4) is 0 Å². The number of imidazole rings is 1. The molecule has 0 spiro atoms. The van der Waals surface area contributed by atoms with Gasteiger partial charge in [0.15, 0.2) is 11.8 Å². The Morgan fingerprint density at radius 1 is 1.32 bits per heavy atom. The fraction of sp³-hybridized carbons (Fsp3) is 0.118. The van der Waals surface area contributed by atoms with Crippen LogP contribution >= 0.6 is 22.9 Å². The lowest BCUT2D eigenvalue weighted by atomic mass is 10.4. The van der Waals surface area contributed by atoms with Crippen LogP contribution in [-0.4, -0.2) is 27.9 Å². The van der Waals surface area contributed by atoms with Crippen molar-refractivity contribution in [3.05, 3.63) is 63.7 Å². The topological polar surface area (TPSA) is 72.7 Å². The summed E-state index contributed by atoms with van der Waals surface area (Å²) in [6, 6.07) is 9.30. The van der Waals surface area contributed by atoms with Gasteiger partial charge in [0.1, 0.15) is 5.65 Å². The summed E-state index contributed by atoms with van der Waals surface area (Å²) in [7, 11) is 0. The standard InChI is InChI=1S/C17H14ClN3O3S/c18-17-13(21-8-2-1-5-14(21)20-17)6-7-16(23)24-11-15(22)19-10-12-4-3-9-25-12/h1-9H,10-11H2,(H,19,22)/b7-6+. The first-order valence-corrected chi connectivity index (χ1v) is 8.66. The molecule has 0 bridgehead atoms. The predicted octanol–water partition coefficient (Wildman–Crippen LogP) is 2.92. The van der Waals surface area contributed by atoms with E-state index in [-0.39, 0.29) is 17.7 Å². The molecule has 8 heteroatoms. The summed E-state index contributed by atoms with van der Waals surface area (Å²) in [4.78, 5) is 28.6. The molecule has 1 N–H and O–H groups in total. The van der Waals surface area contributed by atoms with E-state index >= 15 is 0 Å². The van der Waals surface area contributed by atoms with Crippen LogP contribution in [0.15, 0.2) is 48.0 Å². The number of carbonyl (C=O) groups excluding carboxylic acids is 2. The predicted molar refractivity (Wildman–Crippen MR) is 96.4 cm³/mol. The Bertz CT molecular complexity index is 919. The monoisotopic (exact) mass is 375 g/mol. The minimum Gasteiger partial charge on any atom is -0.452 e. The smallest absolute Gasteiger partial charge is 0.331 e. The molecular formula is C17H14ClN3O3S. The average molecular weight is 376 g/mol. The van der Waals surface area contributed by atoms with Crippen LogP contribution in [0.1, 0.15) is 10.6 Å². The second kappa shape index (κ2) is 7.96.